The zero-order chi connectivity index (χ0) is 10.8. The van der Waals surface area contributed by atoms with Gasteiger partial charge in [0.25, 0.3) is 5.91 Å². The highest BCUT2D eigenvalue weighted by Gasteiger charge is 2.20. The van der Waals surface area contributed by atoms with Gasteiger partial charge in [-0.3, -0.25) is 4.79 Å². The molecule has 1 rings (SSSR count). The Balaban J connectivity index is 2.73. The van der Waals surface area contributed by atoms with E-state index in [0.717, 1.165) is 0 Å². The van der Waals surface area contributed by atoms with Crippen molar-refractivity contribution in [2.24, 2.45) is 7.05 Å². The first-order chi connectivity index (χ1) is 6.46. The summed E-state index contributed by atoms with van der Waals surface area (Å²) < 4.78 is 1.69. The third-order valence-corrected chi connectivity index (χ3v) is 3.24. The highest BCUT2D eigenvalue weighted by atomic mass is 79.9. The highest BCUT2D eigenvalue weighted by molar-refractivity contribution is 9.09. The van der Waals surface area contributed by atoms with Crippen LogP contribution in [-0.4, -0.2) is 26.3 Å². The molecule has 0 aliphatic carbocycles. The number of nitrogens with zero attached hydrogens (tertiary/aromatic N) is 2. The lowest BCUT2D eigenvalue weighted by Gasteiger charge is -2.23. The second-order valence-corrected chi connectivity index (χ2v) is 4.42. The molecule has 1 N–H and O–H groups in total. The Hall–Kier alpha value is -0.840. The van der Waals surface area contributed by atoms with E-state index in [1.165, 1.54) is 0 Å². The zero-order valence-electron chi connectivity index (χ0n) is 8.54. The molecule has 1 aromatic heterocycles. The molecule has 0 bridgehead atoms. The van der Waals surface area contributed by atoms with Crippen LogP contribution >= 0.6 is 15.9 Å². The van der Waals surface area contributed by atoms with Crippen molar-refractivity contribution < 1.29 is 4.79 Å². The molecule has 14 heavy (non-hydrogen) atoms. The van der Waals surface area contributed by atoms with Gasteiger partial charge in [0.05, 0.1) is 12.5 Å². The minimum absolute atomic E-state index is 0.102. The number of nitrogens with one attached hydrogen (secondary N) is 1. The molecule has 4 nitrogen and oxygen atoms in total. The van der Waals surface area contributed by atoms with E-state index in [1.807, 2.05) is 13.8 Å². The molecular formula is C9H14BrN3O. The van der Waals surface area contributed by atoms with Gasteiger partial charge in [-0.2, -0.15) is 0 Å². The summed E-state index contributed by atoms with van der Waals surface area (Å²) in [5.74, 6) is -0.102. The smallest absolute Gasteiger partial charge is 0.269 e. The van der Waals surface area contributed by atoms with Crippen molar-refractivity contribution in [3.63, 3.8) is 0 Å². The Labute approximate surface area is 91.8 Å². The number of hydrogen-bond donors (Lipinski definition) is 1. The van der Waals surface area contributed by atoms with E-state index in [2.05, 4.69) is 26.2 Å². The number of halogens is 1. The number of imidazole rings is 1. The van der Waals surface area contributed by atoms with Crippen LogP contribution < -0.4 is 5.32 Å². The molecule has 0 atom stereocenters. The van der Waals surface area contributed by atoms with E-state index in [-0.39, 0.29) is 11.4 Å². The fourth-order valence-electron chi connectivity index (χ4n) is 0.981. The van der Waals surface area contributed by atoms with Gasteiger partial charge in [-0.1, -0.05) is 15.9 Å². The number of hydrogen-bond acceptors (Lipinski definition) is 2. The molecule has 78 valence electrons. The van der Waals surface area contributed by atoms with E-state index < -0.39 is 0 Å². The van der Waals surface area contributed by atoms with Gasteiger partial charge in [-0.05, 0) is 13.8 Å². The lowest BCUT2D eigenvalue weighted by Crippen LogP contribution is -2.45. The largest absolute Gasteiger partial charge is 0.345 e. The van der Waals surface area contributed by atoms with Gasteiger partial charge in [0.2, 0.25) is 0 Å². The molecular weight excluding hydrogens is 246 g/mol. The topological polar surface area (TPSA) is 46.9 Å². The van der Waals surface area contributed by atoms with Crippen LogP contribution in [0.1, 0.15) is 24.3 Å². The standard InChI is InChI=1S/C9H14BrN3O/c1-9(2,5-10)12-8(14)7-4-11-6-13(7)3/h4,6H,5H2,1-3H3,(H,12,14). The van der Waals surface area contributed by atoms with Crippen LogP contribution in [0.2, 0.25) is 0 Å². The molecule has 0 saturated carbocycles. The summed E-state index contributed by atoms with van der Waals surface area (Å²) in [6.45, 7) is 3.91. The van der Waals surface area contributed by atoms with Crippen molar-refractivity contribution in [1.29, 1.82) is 0 Å². The van der Waals surface area contributed by atoms with Crippen LogP contribution in [0.15, 0.2) is 12.5 Å². The molecule has 0 unspecified atom stereocenters. The Morgan fingerprint density at radius 1 is 1.71 bits per heavy atom. The summed E-state index contributed by atoms with van der Waals surface area (Å²) in [5.41, 5.74) is 0.320. The number of carbonyl (C=O) groups is 1. The van der Waals surface area contributed by atoms with Gasteiger partial charge in [-0.15, -0.1) is 0 Å². The van der Waals surface area contributed by atoms with Crippen LogP contribution in [0.4, 0.5) is 0 Å². The molecule has 0 radical (unpaired) electrons. The molecule has 1 amide bonds. The maximum Gasteiger partial charge on any atom is 0.269 e. The van der Waals surface area contributed by atoms with Crippen LogP contribution in [-0.2, 0) is 7.05 Å². The number of amides is 1. The van der Waals surface area contributed by atoms with E-state index in [9.17, 15) is 4.79 Å². The molecule has 1 heterocycles. The molecule has 0 aromatic carbocycles. The SMILES string of the molecule is Cn1cncc1C(=O)NC(C)(C)CBr. The van der Waals surface area contributed by atoms with E-state index >= 15 is 0 Å². The lowest BCUT2D eigenvalue weighted by molar-refractivity contribution is 0.0913. The summed E-state index contributed by atoms with van der Waals surface area (Å²) in [4.78, 5) is 15.6. The van der Waals surface area contributed by atoms with Crippen LogP contribution in [0, 0.1) is 0 Å². The van der Waals surface area contributed by atoms with Gasteiger partial charge in [0, 0.05) is 17.9 Å². The summed E-state index contributed by atoms with van der Waals surface area (Å²) >= 11 is 3.34. The second kappa shape index (κ2) is 4.13. The van der Waals surface area contributed by atoms with Crippen molar-refractivity contribution >= 4 is 21.8 Å². The van der Waals surface area contributed by atoms with Gasteiger partial charge >= 0.3 is 0 Å². The minimum atomic E-state index is -0.249. The lowest BCUT2D eigenvalue weighted by atomic mass is 10.1. The van der Waals surface area contributed by atoms with Gasteiger partial charge in [-0.25, -0.2) is 4.98 Å². The van der Waals surface area contributed by atoms with E-state index in [0.29, 0.717) is 11.0 Å². The molecule has 5 heteroatoms. The average molecular weight is 260 g/mol. The molecule has 0 aliphatic rings. The van der Waals surface area contributed by atoms with Gasteiger partial charge in [0.1, 0.15) is 5.69 Å². The molecule has 0 saturated heterocycles. The fraction of sp³-hybridized carbons (Fsp3) is 0.556. The number of aromatic nitrogens is 2. The first kappa shape index (κ1) is 11.2. The van der Waals surface area contributed by atoms with Crippen LogP contribution in [0.25, 0.3) is 0 Å². The molecule has 0 spiro atoms. The number of rotatable bonds is 3. The van der Waals surface area contributed by atoms with E-state index in [4.69, 9.17) is 0 Å². The number of alkyl halides is 1. The van der Waals surface area contributed by atoms with Crippen molar-refractivity contribution in [3.8, 4) is 0 Å². The Bertz CT molecular complexity index is 333. The Morgan fingerprint density at radius 2 is 2.36 bits per heavy atom. The number of aryl methyl sites for hydroxylation is 1. The summed E-state index contributed by atoms with van der Waals surface area (Å²) in [6.07, 6.45) is 3.16. The Kier molecular flexibility index (Phi) is 3.31. The first-order valence-electron chi connectivity index (χ1n) is 4.31. The molecule has 0 aliphatic heterocycles. The zero-order valence-corrected chi connectivity index (χ0v) is 10.1. The van der Waals surface area contributed by atoms with Crippen LogP contribution in [0.5, 0.6) is 0 Å². The summed E-state index contributed by atoms with van der Waals surface area (Å²) in [7, 11) is 1.79. The normalized spacial score (nSPS) is 11.4. The first-order valence-corrected chi connectivity index (χ1v) is 5.43. The van der Waals surface area contributed by atoms with Crippen molar-refractivity contribution in [2.45, 2.75) is 19.4 Å². The van der Waals surface area contributed by atoms with Crippen molar-refractivity contribution in [1.82, 2.24) is 14.9 Å². The third-order valence-electron chi connectivity index (χ3n) is 1.84. The predicted molar refractivity (Wildman–Crippen MR) is 58.5 cm³/mol. The summed E-state index contributed by atoms with van der Waals surface area (Å²) in [5, 5.41) is 3.61. The predicted octanol–water partition coefficient (Wildman–Crippen LogP) is 1.32. The van der Waals surface area contributed by atoms with Crippen LogP contribution in [0.3, 0.4) is 0 Å². The average Bonchev–Trinajstić information content (AvgIpc) is 2.51. The third kappa shape index (κ3) is 2.57. The fourth-order valence-corrected chi connectivity index (χ4v) is 1.12. The maximum absolute atomic E-state index is 11.7. The van der Waals surface area contributed by atoms with Gasteiger partial charge in [0.15, 0.2) is 0 Å². The maximum atomic E-state index is 11.7. The summed E-state index contributed by atoms with van der Waals surface area (Å²) in [6, 6.07) is 0. The van der Waals surface area contributed by atoms with Crippen molar-refractivity contribution in [2.75, 3.05) is 5.33 Å². The molecule has 0 fully saturated rings. The monoisotopic (exact) mass is 259 g/mol. The Morgan fingerprint density at radius 3 is 2.79 bits per heavy atom. The van der Waals surface area contributed by atoms with E-state index in [1.54, 1.807) is 24.1 Å². The second-order valence-electron chi connectivity index (χ2n) is 3.86. The number of carbonyl (C=O) groups excluding carboxylic acids is 1. The van der Waals surface area contributed by atoms with Gasteiger partial charge < -0.3 is 9.88 Å². The quantitative estimate of drug-likeness (QED) is 0.833. The highest BCUT2D eigenvalue weighted by Crippen LogP contribution is 2.07. The minimum Gasteiger partial charge on any atom is -0.345 e. The van der Waals surface area contributed by atoms with Crippen molar-refractivity contribution in [3.05, 3.63) is 18.2 Å². The molecule has 1 aromatic rings.